The van der Waals surface area contributed by atoms with Gasteiger partial charge in [0.25, 0.3) is 0 Å². The van der Waals surface area contributed by atoms with E-state index in [2.05, 4.69) is 30.2 Å². The van der Waals surface area contributed by atoms with Gasteiger partial charge < -0.3 is 35.1 Å². The summed E-state index contributed by atoms with van der Waals surface area (Å²) in [7, 11) is 5.48. The van der Waals surface area contributed by atoms with Gasteiger partial charge in [-0.05, 0) is 6.26 Å². The molecule has 13 heavy (non-hydrogen) atoms. The second kappa shape index (κ2) is 14.0. The minimum Gasteiger partial charge on any atom is -0.411 e. The molecule has 0 radical (unpaired) electrons. The van der Waals surface area contributed by atoms with Crippen LogP contribution < -0.4 is 56.7 Å². The maximum atomic E-state index is 4.71. The summed E-state index contributed by atoms with van der Waals surface area (Å²) in [6.07, 6.45) is 1.94. The van der Waals surface area contributed by atoms with E-state index in [0.29, 0.717) is 4.32 Å². The Morgan fingerprint density at radius 3 is 1.69 bits per heavy atom. The van der Waals surface area contributed by atoms with E-state index in [1.54, 1.807) is 16.7 Å². The number of thiocarbonyl (C=S) groups is 2. The topological polar surface area (TPSA) is 15.3 Å². The molecule has 72 valence electrons. The van der Waals surface area contributed by atoms with E-state index in [1.807, 2.05) is 27.4 Å². The number of hydrogen-bond acceptors (Lipinski definition) is 4. The van der Waals surface area contributed by atoms with Crippen LogP contribution in [0.5, 0.6) is 0 Å². The van der Waals surface area contributed by atoms with Gasteiger partial charge in [0.2, 0.25) is 0 Å². The smallest absolute Gasteiger partial charge is 0.411 e. The van der Waals surface area contributed by atoms with Gasteiger partial charge in [-0.15, -0.1) is 11.8 Å². The van der Waals surface area contributed by atoms with Crippen molar-refractivity contribution < 1.29 is 51.4 Å². The largest absolute Gasteiger partial charge is 1.00 e. The minimum absolute atomic E-state index is 0. The molecule has 1 N–H and O–H groups in total. The van der Waals surface area contributed by atoms with Crippen LogP contribution in [0.25, 0.3) is 0 Å². The summed E-state index contributed by atoms with van der Waals surface area (Å²) in [6, 6.07) is 0. The van der Waals surface area contributed by atoms with Crippen LogP contribution in [-0.4, -0.2) is 40.9 Å². The molecule has 0 aliphatic rings. The molecule has 0 rings (SSSR count). The van der Waals surface area contributed by atoms with Gasteiger partial charge in [0.1, 0.15) is 4.32 Å². The van der Waals surface area contributed by atoms with Crippen molar-refractivity contribution in [1.29, 1.82) is 0 Å². The van der Waals surface area contributed by atoms with E-state index in [-0.39, 0.29) is 51.4 Å². The van der Waals surface area contributed by atoms with E-state index in [9.17, 15) is 0 Å². The Bertz CT molecular complexity index is 144. The van der Waals surface area contributed by atoms with Gasteiger partial charge in [-0.25, -0.2) is 0 Å². The Labute approximate surface area is 144 Å². The molecule has 0 spiro atoms. The normalized spacial score (nSPS) is 7.08. The summed E-state index contributed by atoms with van der Waals surface area (Å²) in [6.45, 7) is 0. The zero-order valence-electron chi connectivity index (χ0n) is 8.58. The van der Waals surface area contributed by atoms with Crippen LogP contribution in [0.1, 0.15) is 0 Å². The standard InChI is InChI=1S/2C3H7NS2.K/c1-4-3(5)6-2;1-4(2)3(5)6;/h1-2H3,(H,4,5);1-2H3,(H,5,6);/q;;+1/p-1. The maximum Gasteiger partial charge on any atom is 1.00 e. The molecule has 0 amide bonds. The van der Waals surface area contributed by atoms with Crippen LogP contribution >= 0.6 is 36.2 Å². The summed E-state index contributed by atoms with van der Waals surface area (Å²) >= 11 is 15.4. The molecule has 0 aromatic rings. The molecule has 0 bridgehead atoms. The fourth-order valence-corrected chi connectivity index (χ4v) is 0.306. The predicted molar refractivity (Wildman–Crippen MR) is 68.8 cm³/mol. The van der Waals surface area contributed by atoms with Crippen LogP contribution in [0.2, 0.25) is 0 Å². The Hall–Kier alpha value is 1.99. The van der Waals surface area contributed by atoms with Crippen LogP contribution in [-0.2, 0) is 12.6 Å². The molecule has 0 fully saturated rings. The Balaban J connectivity index is -0.000000143. The zero-order valence-corrected chi connectivity index (χ0v) is 15.0. The number of nitrogens with one attached hydrogen (secondary N) is 1. The first-order valence-electron chi connectivity index (χ1n) is 3.09. The summed E-state index contributed by atoms with van der Waals surface area (Å²) in [5.41, 5.74) is 0. The molecule has 7 heteroatoms. The molecule has 0 aliphatic heterocycles. The molecule has 2 nitrogen and oxygen atoms in total. The van der Waals surface area contributed by atoms with Crippen LogP contribution in [0.4, 0.5) is 0 Å². The minimum atomic E-state index is 0. The second-order valence-corrected chi connectivity index (χ2v) is 4.42. The number of nitrogens with zero attached hydrogens (tertiary/aromatic N) is 1. The first kappa shape index (κ1) is 20.4. The van der Waals surface area contributed by atoms with E-state index < -0.39 is 0 Å². The van der Waals surface area contributed by atoms with Crippen LogP contribution in [0, 0.1) is 0 Å². The summed E-state index contributed by atoms with van der Waals surface area (Å²) in [5, 5.41) is 2.81. The van der Waals surface area contributed by atoms with Gasteiger partial charge in [-0.2, -0.15) is 0 Å². The Morgan fingerprint density at radius 2 is 1.69 bits per heavy atom. The molecular formula is C6H13KN2S4. The average molecular weight is 281 g/mol. The third-order valence-corrected chi connectivity index (χ3v) is 2.76. The molecule has 0 saturated carbocycles. The molecule has 0 heterocycles. The molecular weight excluding hydrogens is 267 g/mol. The third-order valence-electron chi connectivity index (χ3n) is 0.755. The van der Waals surface area contributed by atoms with E-state index in [4.69, 9.17) is 12.2 Å². The van der Waals surface area contributed by atoms with Crippen LogP contribution in [0.3, 0.4) is 0 Å². The third kappa shape index (κ3) is 20.1. The van der Waals surface area contributed by atoms with Crippen molar-refractivity contribution in [3.8, 4) is 0 Å². The zero-order chi connectivity index (χ0) is 10.1. The van der Waals surface area contributed by atoms with Crippen LogP contribution in [0.15, 0.2) is 0 Å². The van der Waals surface area contributed by atoms with Crippen molar-refractivity contribution in [2.75, 3.05) is 27.4 Å². The van der Waals surface area contributed by atoms with Gasteiger partial charge in [0, 0.05) is 21.1 Å². The molecule has 0 saturated heterocycles. The van der Waals surface area contributed by atoms with E-state index in [1.165, 1.54) is 0 Å². The fraction of sp³-hybridized carbons (Fsp3) is 0.667. The van der Waals surface area contributed by atoms with Gasteiger partial charge in [0.05, 0.1) is 0 Å². The summed E-state index contributed by atoms with van der Waals surface area (Å²) < 4.78 is 1.35. The van der Waals surface area contributed by atoms with Crippen molar-refractivity contribution in [3.05, 3.63) is 0 Å². The summed E-state index contributed by atoms with van der Waals surface area (Å²) in [4.78, 5) is 1.71. The quantitative estimate of drug-likeness (QED) is 0.319. The molecule has 0 unspecified atom stereocenters. The Morgan fingerprint density at radius 1 is 1.38 bits per heavy atom. The van der Waals surface area contributed by atoms with Crippen molar-refractivity contribution in [2.24, 2.45) is 0 Å². The number of rotatable bonds is 0. The monoisotopic (exact) mass is 280 g/mol. The predicted octanol–water partition coefficient (Wildman–Crippen LogP) is -1.76. The van der Waals surface area contributed by atoms with Crippen molar-refractivity contribution in [2.45, 2.75) is 0 Å². The van der Waals surface area contributed by atoms with Crippen molar-refractivity contribution in [3.63, 3.8) is 0 Å². The van der Waals surface area contributed by atoms with E-state index >= 15 is 0 Å². The van der Waals surface area contributed by atoms with Gasteiger partial charge >= 0.3 is 51.4 Å². The number of thioether (sulfide) groups is 1. The maximum absolute atomic E-state index is 4.71. The first-order chi connectivity index (χ1) is 5.45. The van der Waals surface area contributed by atoms with Gasteiger partial charge in [-0.1, -0.05) is 16.5 Å². The summed E-state index contributed by atoms with van der Waals surface area (Å²) in [5.74, 6) is 0. The second-order valence-electron chi connectivity index (χ2n) is 1.90. The van der Waals surface area contributed by atoms with Gasteiger partial charge in [-0.3, -0.25) is 0 Å². The van der Waals surface area contributed by atoms with Crippen molar-refractivity contribution in [1.82, 2.24) is 10.2 Å². The van der Waals surface area contributed by atoms with E-state index in [0.717, 1.165) is 4.32 Å². The molecule has 0 aliphatic carbocycles. The van der Waals surface area contributed by atoms with Gasteiger partial charge in [0.15, 0.2) is 0 Å². The molecule has 0 aromatic carbocycles. The molecule has 0 atom stereocenters. The first-order valence-corrected chi connectivity index (χ1v) is 5.54. The van der Waals surface area contributed by atoms with Crippen molar-refractivity contribution >= 4 is 57.5 Å². The SMILES string of the molecule is CN(C)C(=S)[S-].CNC(=S)SC.[K+]. The number of hydrogen-bond donors (Lipinski definition) is 1. The Kier molecular flexibility index (Phi) is 22.0. The molecule has 0 aromatic heterocycles. The average Bonchev–Trinajstić information content (AvgIpc) is 2.04. The fourth-order valence-electron chi connectivity index (χ4n) is 0.102.